The molecule has 5 N–H and O–H groups in total. The zero-order valence-corrected chi connectivity index (χ0v) is 19.9. The average molecular weight is 453 g/mol. The van der Waals surface area contributed by atoms with E-state index in [0.717, 1.165) is 25.7 Å². The summed E-state index contributed by atoms with van der Waals surface area (Å²) >= 11 is 0. The van der Waals surface area contributed by atoms with Crippen molar-refractivity contribution in [3.05, 3.63) is 0 Å². The second kappa shape index (κ2) is 11.9. The molecule has 0 aromatic rings. The number of nitrogens with two attached hydrogens (primary N) is 1. The van der Waals surface area contributed by atoms with Crippen molar-refractivity contribution in [3.63, 3.8) is 0 Å². The van der Waals surface area contributed by atoms with Crippen molar-refractivity contribution in [2.75, 3.05) is 19.6 Å². The van der Waals surface area contributed by atoms with Gasteiger partial charge in [-0.2, -0.15) is 0 Å². The van der Waals surface area contributed by atoms with Gasteiger partial charge in [-0.15, -0.1) is 0 Å². The number of primary amides is 1. The van der Waals surface area contributed by atoms with Crippen LogP contribution in [0.15, 0.2) is 0 Å². The van der Waals surface area contributed by atoms with Gasteiger partial charge in [0, 0.05) is 25.2 Å². The summed E-state index contributed by atoms with van der Waals surface area (Å²) in [6.45, 7) is 7.97. The summed E-state index contributed by atoms with van der Waals surface area (Å²) in [7, 11) is 0. The smallest absolute Gasteiger partial charge is 0.318 e. The minimum Gasteiger partial charge on any atom is -0.368 e. The van der Waals surface area contributed by atoms with Gasteiger partial charge in [0.1, 0.15) is 12.1 Å². The van der Waals surface area contributed by atoms with Gasteiger partial charge >= 0.3 is 12.1 Å². The predicted octanol–water partition coefficient (Wildman–Crippen LogP) is 1.15. The number of carbonyl (C=O) groups excluding carboxylic acids is 4. The molecule has 2 rings (SSSR count). The second-order valence-electron chi connectivity index (χ2n) is 9.57. The normalized spacial score (nSPS) is 20.8. The zero-order chi connectivity index (χ0) is 23.8. The number of nitrogens with zero attached hydrogens (tertiary/aromatic N) is 2. The lowest BCUT2D eigenvalue weighted by molar-refractivity contribution is -0.131. The number of hydrogen-bond donors (Lipinski definition) is 4. The summed E-state index contributed by atoms with van der Waals surface area (Å²) in [6, 6.07) is -2.50. The van der Waals surface area contributed by atoms with Crippen molar-refractivity contribution in [2.45, 2.75) is 90.4 Å². The van der Waals surface area contributed by atoms with Crippen molar-refractivity contribution in [1.29, 1.82) is 0 Å². The third-order valence-corrected chi connectivity index (χ3v) is 6.01. The van der Waals surface area contributed by atoms with Crippen LogP contribution in [0.1, 0.15) is 66.2 Å². The molecule has 10 heteroatoms. The van der Waals surface area contributed by atoms with Crippen LogP contribution < -0.4 is 21.7 Å². The molecule has 0 bridgehead atoms. The number of nitrogens with one attached hydrogen (secondary N) is 3. The Morgan fingerprint density at radius 3 is 2.03 bits per heavy atom. The van der Waals surface area contributed by atoms with Crippen LogP contribution in [0.2, 0.25) is 0 Å². The Balaban J connectivity index is 2.13. The SMILES string of the molecule is CC(C)NC(=O)N1CCN(C(=O)NC(C)C)[C@@H](C(=O)N[C@@H](CC2CCCCC2)C(N)=O)C1. The van der Waals surface area contributed by atoms with E-state index in [4.69, 9.17) is 5.73 Å². The molecule has 182 valence electrons. The molecule has 0 aromatic carbocycles. The molecule has 0 aromatic heterocycles. The Kier molecular flexibility index (Phi) is 9.59. The molecule has 2 atom stereocenters. The first-order valence-corrected chi connectivity index (χ1v) is 11.8. The van der Waals surface area contributed by atoms with E-state index < -0.39 is 23.9 Å². The molecule has 0 unspecified atom stereocenters. The molecule has 0 spiro atoms. The Bertz CT molecular complexity index is 677. The quantitative estimate of drug-likeness (QED) is 0.460. The third kappa shape index (κ3) is 7.56. The van der Waals surface area contributed by atoms with Gasteiger partial charge in [-0.05, 0) is 40.0 Å². The fourth-order valence-corrected chi connectivity index (χ4v) is 4.37. The highest BCUT2D eigenvalue weighted by molar-refractivity contribution is 5.92. The Labute approximate surface area is 191 Å². The number of urea groups is 2. The highest BCUT2D eigenvalue weighted by Gasteiger charge is 2.38. The van der Waals surface area contributed by atoms with Gasteiger partial charge in [0.05, 0.1) is 6.54 Å². The van der Waals surface area contributed by atoms with Crippen molar-refractivity contribution in [3.8, 4) is 0 Å². The maximum absolute atomic E-state index is 13.2. The fraction of sp³-hybridized carbons (Fsp3) is 0.818. The van der Waals surface area contributed by atoms with Crippen LogP contribution in [-0.2, 0) is 9.59 Å². The summed E-state index contributed by atoms with van der Waals surface area (Å²) in [5.74, 6) is -0.695. The van der Waals surface area contributed by atoms with Gasteiger partial charge in [0.15, 0.2) is 0 Å². The van der Waals surface area contributed by atoms with Gasteiger partial charge in [0.25, 0.3) is 0 Å². The molecule has 2 aliphatic rings. The van der Waals surface area contributed by atoms with Crippen LogP contribution in [0.4, 0.5) is 9.59 Å². The van der Waals surface area contributed by atoms with E-state index in [2.05, 4.69) is 16.0 Å². The van der Waals surface area contributed by atoms with Crippen molar-refractivity contribution in [2.24, 2.45) is 11.7 Å². The van der Waals surface area contributed by atoms with Gasteiger partial charge in [0.2, 0.25) is 11.8 Å². The summed E-state index contributed by atoms with van der Waals surface area (Å²) < 4.78 is 0. The predicted molar refractivity (Wildman–Crippen MR) is 122 cm³/mol. The van der Waals surface area contributed by atoms with E-state index in [-0.39, 0.29) is 37.2 Å². The molecule has 2 fully saturated rings. The maximum Gasteiger partial charge on any atom is 0.318 e. The Morgan fingerprint density at radius 1 is 0.875 bits per heavy atom. The van der Waals surface area contributed by atoms with Crippen LogP contribution in [-0.4, -0.2) is 77.5 Å². The van der Waals surface area contributed by atoms with Crippen LogP contribution in [0.25, 0.3) is 0 Å². The molecular formula is C22H40N6O4. The molecule has 6 amide bonds. The first-order valence-electron chi connectivity index (χ1n) is 11.8. The van der Waals surface area contributed by atoms with Crippen LogP contribution >= 0.6 is 0 Å². The third-order valence-electron chi connectivity index (χ3n) is 6.01. The molecule has 1 saturated carbocycles. The monoisotopic (exact) mass is 452 g/mol. The Hall–Kier alpha value is -2.52. The van der Waals surface area contributed by atoms with E-state index in [0.29, 0.717) is 18.9 Å². The number of hydrogen-bond acceptors (Lipinski definition) is 4. The summed E-state index contributed by atoms with van der Waals surface area (Å²) in [5.41, 5.74) is 5.60. The van der Waals surface area contributed by atoms with Gasteiger partial charge < -0.3 is 31.5 Å². The molecule has 0 radical (unpaired) electrons. The molecule has 1 heterocycles. The van der Waals surface area contributed by atoms with E-state index in [1.165, 1.54) is 16.2 Å². The minimum atomic E-state index is -0.909. The first-order chi connectivity index (χ1) is 15.1. The van der Waals surface area contributed by atoms with Crippen molar-refractivity contribution in [1.82, 2.24) is 25.8 Å². The number of carbonyl (C=O) groups is 4. The van der Waals surface area contributed by atoms with Gasteiger partial charge in [-0.1, -0.05) is 32.1 Å². The van der Waals surface area contributed by atoms with E-state index in [1.54, 1.807) is 0 Å². The molecule has 1 saturated heterocycles. The number of rotatable bonds is 7. The van der Waals surface area contributed by atoms with E-state index in [9.17, 15) is 19.2 Å². The van der Waals surface area contributed by atoms with Gasteiger partial charge in [-0.3, -0.25) is 9.59 Å². The minimum absolute atomic E-state index is 0.0464. The molecule has 32 heavy (non-hydrogen) atoms. The zero-order valence-electron chi connectivity index (χ0n) is 19.9. The van der Waals surface area contributed by atoms with Crippen LogP contribution in [0.3, 0.4) is 0 Å². The summed E-state index contributed by atoms with van der Waals surface area (Å²) in [4.78, 5) is 53.6. The molecule has 1 aliphatic heterocycles. The molecule has 10 nitrogen and oxygen atoms in total. The van der Waals surface area contributed by atoms with Crippen molar-refractivity contribution < 1.29 is 19.2 Å². The number of amides is 6. The highest BCUT2D eigenvalue weighted by Crippen LogP contribution is 2.27. The second-order valence-corrected chi connectivity index (χ2v) is 9.57. The van der Waals surface area contributed by atoms with E-state index in [1.807, 2.05) is 27.7 Å². The summed E-state index contributed by atoms with van der Waals surface area (Å²) in [5, 5.41) is 8.41. The Morgan fingerprint density at radius 2 is 1.47 bits per heavy atom. The maximum atomic E-state index is 13.2. The van der Waals surface area contributed by atoms with Gasteiger partial charge in [-0.25, -0.2) is 9.59 Å². The van der Waals surface area contributed by atoms with E-state index >= 15 is 0 Å². The average Bonchev–Trinajstić information content (AvgIpc) is 2.72. The lowest BCUT2D eigenvalue weighted by Gasteiger charge is -2.41. The van der Waals surface area contributed by atoms with Crippen LogP contribution in [0.5, 0.6) is 0 Å². The standard InChI is InChI=1S/C22H40N6O4/c1-14(2)24-21(31)27-10-11-28(22(32)25-15(3)4)18(13-27)20(30)26-17(19(23)29)12-16-8-6-5-7-9-16/h14-18H,5-13H2,1-4H3,(H2,23,29)(H,24,31)(H,25,32)(H,26,30)/t17-,18+/m0/s1. The topological polar surface area (TPSA) is 137 Å². The summed E-state index contributed by atoms with van der Waals surface area (Å²) in [6.07, 6.45) is 5.99. The number of piperazine rings is 1. The largest absolute Gasteiger partial charge is 0.368 e. The molecule has 1 aliphatic carbocycles. The lowest BCUT2D eigenvalue weighted by atomic mass is 9.84. The van der Waals surface area contributed by atoms with Crippen molar-refractivity contribution >= 4 is 23.9 Å². The fourth-order valence-electron chi connectivity index (χ4n) is 4.37. The van der Waals surface area contributed by atoms with Crippen LogP contribution in [0, 0.1) is 5.92 Å². The lowest BCUT2D eigenvalue weighted by Crippen LogP contribution is -2.65. The first kappa shape index (κ1) is 25.7. The molecular weight excluding hydrogens is 412 g/mol. The highest BCUT2D eigenvalue weighted by atomic mass is 16.2.